The van der Waals surface area contributed by atoms with E-state index in [2.05, 4.69) is 6.92 Å². The summed E-state index contributed by atoms with van der Waals surface area (Å²) >= 11 is 0. The molecule has 1 aliphatic rings. The largest absolute Gasteiger partial charge is 0.478 e. The van der Waals surface area contributed by atoms with Crippen LogP contribution in [-0.2, 0) is 4.79 Å². The zero-order valence-electron chi connectivity index (χ0n) is 11.7. The van der Waals surface area contributed by atoms with Crippen LogP contribution in [0.1, 0.15) is 39.5 Å². The molecule has 0 radical (unpaired) electrons. The van der Waals surface area contributed by atoms with Gasteiger partial charge in [-0.2, -0.15) is 0 Å². The Kier molecular flexibility index (Phi) is 4.30. The smallest absolute Gasteiger partial charge is 0.268 e. The Hall–Kier alpha value is -1.71. The van der Waals surface area contributed by atoms with E-state index in [-0.39, 0.29) is 12.0 Å². The van der Waals surface area contributed by atoms with Crippen molar-refractivity contribution in [3.8, 4) is 5.75 Å². The Bertz CT molecular complexity index is 459. The third-order valence-electron chi connectivity index (χ3n) is 3.44. The van der Waals surface area contributed by atoms with Gasteiger partial charge in [0.25, 0.3) is 5.91 Å². The quantitative estimate of drug-likeness (QED) is 0.655. The minimum absolute atomic E-state index is 0.0525. The van der Waals surface area contributed by atoms with Gasteiger partial charge in [-0.3, -0.25) is 4.79 Å². The molecule has 4 heteroatoms. The summed E-state index contributed by atoms with van der Waals surface area (Å²) in [6.07, 6.45) is 3.59. The van der Waals surface area contributed by atoms with Crippen LogP contribution in [0.2, 0.25) is 0 Å². The molecule has 1 aromatic carbocycles. The number of ether oxygens (including phenoxy) is 1. The average Bonchev–Trinajstić information content (AvgIpc) is 2.41. The first kappa shape index (κ1) is 13.7. The Morgan fingerprint density at radius 2 is 2.11 bits per heavy atom. The molecule has 0 saturated heterocycles. The molecule has 1 heterocycles. The molecular weight excluding hydrogens is 240 g/mol. The van der Waals surface area contributed by atoms with Crippen LogP contribution < -0.4 is 15.4 Å². The fourth-order valence-electron chi connectivity index (χ4n) is 2.35. The van der Waals surface area contributed by atoms with Crippen LogP contribution in [0.15, 0.2) is 18.2 Å². The molecule has 1 amide bonds. The molecule has 1 aliphatic heterocycles. The van der Waals surface area contributed by atoms with Crippen molar-refractivity contribution in [2.45, 2.75) is 45.6 Å². The van der Waals surface area contributed by atoms with E-state index in [9.17, 15) is 4.79 Å². The lowest BCUT2D eigenvalue weighted by molar-refractivity contribution is -0.126. The van der Waals surface area contributed by atoms with Crippen LogP contribution in [-0.4, -0.2) is 18.6 Å². The predicted octanol–water partition coefficient (Wildman–Crippen LogP) is 2.96. The summed E-state index contributed by atoms with van der Waals surface area (Å²) in [6.45, 7) is 4.86. The topological polar surface area (TPSA) is 55.6 Å². The van der Waals surface area contributed by atoms with Crippen LogP contribution in [0.4, 0.5) is 11.4 Å². The normalized spacial score (nSPS) is 18.1. The molecule has 1 aromatic rings. The Morgan fingerprint density at radius 1 is 1.32 bits per heavy atom. The Balaban J connectivity index is 2.27. The number of unbranched alkanes of at least 4 members (excludes halogenated alkanes) is 2. The molecule has 0 aliphatic carbocycles. The van der Waals surface area contributed by atoms with Gasteiger partial charge >= 0.3 is 0 Å². The number of nitrogens with zero attached hydrogens (tertiary/aromatic N) is 1. The fourth-order valence-corrected chi connectivity index (χ4v) is 2.35. The van der Waals surface area contributed by atoms with Gasteiger partial charge in [0, 0.05) is 12.2 Å². The molecule has 2 rings (SSSR count). The van der Waals surface area contributed by atoms with Gasteiger partial charge in [-0.1, -0.05) is 26.7 Å². The van der Waals surface area contributed by atoms with Crippen molar-refractivity contribution in [2.75, 3.05) is 17.2 Å². The summed E-state index contributed by atoms with van der Waals surface area (Å²) in [6, 6.07) is 5.49. The second-order valence-corrected chi connectivity index (χ2v) is 4.94. The van der Waals surface area contributed by atoms with Crippen LogP contribution in [0.25, 0.3) is 0 Å². The number of nitrogen functional groups attached to an aromatic ring is 1. The third kappa shape index (κ3) is 2.83. The number of amides is 1. The summed E-state index contributed by atoms with van der Waals surface area (Å²) < 4.78 is 5.74. The maximum Gasteiger partial charge on any atom is 0.268 e. The molecule has 19 heavy (non-hydrogen) atoms. The number of carbonyl (C=O) groups excluding carboxylic acids is 1. The molecule has 0 saturated carbocycles. The highest BCUT2D eigenvalue weighted by atomic mass is 16.5. The Labute approximate surface area is 114 Å². The maximum atomic E-state index is 12.4. The van der Waals surface area contributed by atoms with Crippen molar-refractivity contribution in [3.05, 3.63) is 18.2 Å². The van der Waals surface area contributed by atoms with E-state index in [0.29, 0.717) is 12.1 Å². The lowest BCUT2D eigenvalue weighted by Crippen LogP contribution is -2.46. The zero-order chi connectivity index (χ0) is 13.8. The SMILES string of the molecule is CCCCCN1C(=O)C(CC)Oc2ccc(N)cc21. The van der Waals surface area contributed by atoms with Crippen molar-refractivity contribution >= 4 is 17.3 Å². The fraction of sp³-hybridized carbons (Fsp3) is 0.533. The molecule has 1 atom stereocenters. The molecule has 0 aromatic heterocycles. The second kappa shape index (κ2) is 5.95. The zero-order valence-corrected chi connectivity index (χ0v) is 11.7. The van der Waals surface area contributed by atoms with Crippen LogP contribution in [0.3, 0.4) is 0 Å². The van der Waals surface area contributed by atoms with Crippen LogP contribution >= 0.6 is 0 Å². The van der Waals surface area contributed by atoms with Gasteiger partial charge < -0.3 is 15.4 Å². The molecule has 1 unspecified atom stereocenters. The Morgan fingerprint density at radius 3 is 2.79 bits per heavy atom. The average molecular weight is 262 g/mol. The lowest BCUT2D eigenvalue weighted by atomic mass is 10.1. The predicted molar refractivity (Wildman–Crippen MR) is 77.4 cm³/mol. The van der Waals surface area contributed by atoms with E-state index >= 15 is 0 Å². The van der Waals surface area contributed by atoms with Crippen molar-refractivity contribution in [1.82, 2.24) is 0 Å². The highest BCUT2D eigenvalue weighted by molar-refractivity contribution is 6.00. The van der Waals surface area contributed by atoms with Crippen molar-refractivity contribution in [2.24, 2.45) is 0 Å². The third-order valence-corrected chi connectivity index (χ3v) is 3.44. The summed E-state index contributed by atoms with van der Waals surface area (Å²) in [5, 5.41) is 0. The monoisotopic (exact) mass is 262 g/mol. The van der Waals surface area contributed by atoms with Gasteiger partial charge in [-0.25, -0.2) is 0 Å². The molecule has 0 spiro atoms. The van der Waals surface area contributed by atoms with Gasteiger partial charge in [0.1, 0.15) is 5.75 Å². The van der Waals surface area contributed by atoms with E-state index in [0.717, 1.165) is 37.2 Å². The molecule has 2 N–H and O–H groups in total. The number of nitrogens with two attached hydrogens (primary N) is 1. The minimum Gasteiger partial charge on any atom is -0.478 e. The molecule has 0 fully saturated rings. The van der Waals surface area contributed by atoms with E-state index in [1.807, 2.05) is 30.0 Å². The number of fused-ring (bicyclic) bond motifs is 1. The van der Waals surface area contributed by atoms with E-state index in [4.69, 9.17) is 10.5 Å². The van der Waals surface area contributed by atoms with Gasteiger partial charge in [0.15, 0.2) is 6.10 Å². The number of hydrogen-bond donors (Lipinski definition) is 1. The van der Waals surface area contributed by atoms with E-state index < -0.39 is 0 Å². The van der Waals surface area contributed by atoms with E-state index in [1.165, 1.54) is 0 Å². The summed E-state index contributed by atoms with van der Waals surface area (Å²) in [5.41, 5.74) is 7.29. The first-order valence-electron chi connectivity index (χ1n) is 7.05. The first-order chi connectivity index (χ1) is 9.17. The van der Waals surface area contributed by atoms with Gasteiger partial charge in [-0.05, 0) is 31.0 Å². The maximum absolute atomic E-state index is 12.4. The van der Waals surface area contributed by atoms with Crippen molar-refractivity contribution in [3.63, 3.8) is 0 Å². The highest BCUT2D eigenvalue weighted by Crippen LogP contribution is 2.36. The molecular formula is C15H22N2O2. The number of benzene rings is 1. The summed E-state index contributed by atoms with van der Waals surface area (Å²) in [4.78, 5) is 14.2. The van der Waals surface area contributed by atoms with Gasteiger partial charge in [0.2, 0.25) is 0 Å². The second-order valence-electron chi connectivity index (χ2n) is 4.94. The highest BCUT2D eigenvalue weighted by Gasteiger charge is 2.32. The van der Waals surface area contributed by atoms with Crippen molar-refractivity contribution < 1.29 is 9.53 Å². The molecule has 0 bridgehead atoms. The lowest BCUT2D eigenvalue weighted by Gasteiger charge is -2.34. The molecule has 4 nitrogen and oxygen atoms in total. The van der Waals surface area contributed by atoms with Crippen LogP contribution in [0, 0.1) is 0 Å². The minimum atomic E-state index is -0.363. The first-order valence-corrected chi connectivity index (χ1v) is 7.05. The number of carbonyl (C=O) groups is 1. The standard InChI is InChI=1S/C15H22N2O2/c1-3-5-6-9-17-12-10-11(16)7-8-14(12)19-13(4-2)15(17)18/h7-8,10,13H,3-6,9,16H2,1-2H3. The van der Waals surface area contributed by atoms with Gasteiger partial charge in [-0.15, -0.1) is 0 Å². The van der Waals surface area contributed by atoms with Crippen LogP contribution in [0.5, 0.6) is 5.75 Å². The number of rotatable bonds is 5. The van der Waals surface area contributed by atoms with Gasteiger partial charge in [0.05, 0.1) is 5.69 Å². The van der Waals surface area contributed by atoms with Crippen molar-refractivity contribution in [1.29, 1.82) is 0 Å². The molecule has 104 valence electrons. The van der Waals surface area contributed by atoms with E-state index in [1.54, 1.807) is 0 Å². The summed E-state index contributed by atoms with van der Waals surface area (Å²) in [5.74, 6) is 0.814. The number of hydrogen-bond acceptors (Lipinski definition) is 3. The number of anilines is 2. The summed E-state index contributed by atoms with van der Waals surface area (Å²) in [7, 11) is 0.